The molecule has 0 aromatic heterocycles. The predicted molar refractivity (Wildman–Crippen MR) is 114 cm³/mol. The predicted octanol–water partition coefficient (Wildman–Crippen LogP) is 1.26. The number of ether oxygens (including phenoxy) is 1. The molecular weight excluding hydrogens is 366 g/mol. The fraction of sp³-hybridized carbons (Fsp3) is 0.391. The molecule has 0 aliphatic carbocycles. The quantitative estimate of drug-likeness (QED) is 0.716. The first kappa shape index (κ1) is 20.9. The number of para-hydroxylation sites is 1. The maximum atomic E-state index is 12.7. The smallest absolute Gasteiger partial charge is 0.277 e. The van der Waals surface area contributed by atoms with Gasteiger partial charge in [0.25, 0.3) is 5.91 Å². The van der Waals surface area contributed by atoms with E-state index in [0.29, 0.717) is 13.1 Å². The van der Waals surface area contributed by atoms with Gasteiger partial charge >= 0.3 is 0 Å². The molecule has 0 atom stereocenters. The summed E-state index contributed by atoms with van der Waals surface area (Å²) in [7, 11) is 3.50. The Morgan fingerprint density at radius 1 is 1.07 bits per heavy atom. The highest BCUT2D eigenvalue weighted by atomic mass is 16.5. The van der Waals surface area contributed by atoms with Crippen molar-refractivity contribution in [2.75, 3.05) is 51.8 Å². The van der Waals surface area contributed by atoms with Crippen molar-refractivity contribution in [3.8, 4) is 5.75 Å². The van der Waals surface area contributed by atoms with Crippen molar-refractivity contribution in [2.45, 2.75) is 13.5 Å². The summed E-state index contributed by atoms with van der Waals surface area (Å²) >= 11 is 0. The number of Topliss-reactive ketones (excluding diaryl/α,β-unsaturated/α-hetero) is 1. The van der Waals surface area contributed by atoms with Crippen molar-refractivity contribution in [1.29, 1.82) is 0 Å². The summed E-state index contributed by atoms with van der Waals surface area (Å²) in [5.74, 6) is 1.04. The van der Waals surface area contributed by atoms with Gasteiger partial charge in [-0.15, -0.1) is 0 Å². The number of carbonyl (C=O) groups excluding carboxylic acids is 2. The molecule has 1 fully saturated rings. The lowest BCUT2D eigenvalue weighted by molar-refractivity contribution is -0.892. The third-order valence-corrected chi connectivity index (χ3v) is 5.54. The van der Waals surface area contributed by atoms with Gasteiger partial charge in [0.15, 0.2) is 12.3 Å². The second-order valence-electron chi connectivity index (χ2n) is 7.58. The number of hydrogen-bond donors (Lipinski definition) is 1. The molecule has 0 saturated carbocycles. The van der Waals surface area contributed by atoms with Gasteiger partial charge in [0.1, 0.15) is 5.75 Å². The fourth-order valence-corrected chi connectivity index (χ4v) is 3.69. The molecule has 0 bridgehead atoms. The van der Waals surface area contributed by atoms with E-state index < -0.39 is 0 Å². The number of quaternary nitrogens is 1. The average Bonchev–Trinajstić information content (AvgIpc) is 2.74. The minimum absolute atomic E-state index is 0.0848. The molecule has 1 N–H and O–H groups in total. The van der Waals surface area contributed by atoms with Crippen LogP contribution in [0.5, 0.6) is 5.75 Å². The topological polar surface area (TPSA) is 54.3 Å². The minimum atomic E-state index is 0.0848. The number of amides is 1. The molecule has 1 heterocycles. The molecule has 3 rings (SSSR count). The van der Waals surface area contributed by atoms with Crippen molar-refractivity contribution >= 4 is 17.4 Å². The largest absolute Gasteiger partial charge is 0.496 e. The Labute approximate surface area is 172 Å². The molecule has 0 spiro atoms. The summed E-state index contributed by atoms with van der Waals surface area (Å²) in [6, 6.07) is 15.6. The number of nitrogens with zero attached hydrogens (tertiary/aromatic N) is 2. The molecular formula is C23H30N3O3+. The number of piperazine rings is 1. The van der Waals surface area contributed by atoms with Crippen LogP contribution in [0.15, 0.2) is 48.5 Å². The normalized spacial score (nSPS) is 14.5. The average molecular weight is 397 g/mol. The third kappa shape index (κ3) is 5.35. The molecule has 29 heavy (non-hydrogen) atoms. The minimum Gasteiger partial charge on any atom is -0.496 e. The zero-order valence-corrected chi connectivity index (χ0v) is 17.5. The summed E-state index contributed by atoms with van der Waals surface area (Å²) < 4.78 is 5.38. The maximum absolute atomic E-state index is 12.7. The number of nitrogens with one attached hydrogen (secondary N) is 1. The number of anilines is 1. The van der Waals surface area contributed by atoms with Gasteiger partial charge in [-0.2, -0.15) is 0 Å². The molecule has 1 aliphatic rings. The zero-order chi connectivity index (χ0) is 20.8. The summed E-state index contributed by atoms with van der Waals surface area (Å²) in [6.07, 6.45) is 0. The lowest BCUT2D eigenvalue weighted by atomic mass is 10.1. The van der Waals surface area contributed by atoms with E-state index in [2.05, 4.69) is 4.90 Å². The summed E-state index contributed by atoms with van der Waals surface area (Å²) in [5, 5.41) is 0. The molecule has 2 aromatic carbocycles. The van der Waals surface area contributed by atoms with Crippen LogP contribution in [0.4, 0.5) is 5.69 Å². The molecule has 6 heteroatoms. The van der Waals surface area contributed by atoms with E-state index in [1.807, 2.05) is 55.6 Å². The van der Waals surface area contributed by atoms with Gasteiger partial charge in [-0.3, -0.25) is 9.59 Å². The van der Waals surface area contributed by atoms with Crippen LogP contribution in [0.3, 0.4) is 0 Å². The van der Waals surface area contributed by atoms with E-state index in [-0.39, 0.29) is 11.7 Å². The third-order valence-electron chi connectivity index (χ3n) is 5.54. The zero-order valence-electron chi connectivity index (χ0n) is 17.5. The van der Waals surface area contributed by atoms with Crippen LogP contribution in [0, 0.1) is 0 Å². The molecule has 2 aromatic rings. The van der Waals surface area contributed by atoms with Crippen molar-refractivity contribution in [2.24, 2.45) is 0 Å². The Balaban J connectivity index is 1.49. The number of ketones is 1. The lowest BCUT2D eigenvalue weighted by Crippen LogP contribution is -3.15. The second-order valence-corrected chi connectivity index (χ2v) is 7.58. The van der Waals surface area contributed by atoms with Gasteiger partial charge in [0.05, 0.1) is 33.3 Å². The van der Waals surface area contributed by atoms with Gasteiger partial charge in [0, 0.05) is 30.4 Å². The van der Waals surface area contributed by atoms with Gasteiger partial charge in [-0.1, -0.05) is 18.2 Å². The number of methoxy groups -OCH3 is 1. The van der Waals surface area contributed by atoms with E-state index in [1.54, 1.807) is 18.9 Å². The molecule has 0 unspecified atom stereocenters. The summed E-state index contributed by atoms with van der Waals surface area (Å²) in [4.78, 5) is 29.5. The van der Waals surface area contributed by atoms with Crippen LogP contribution >= 0.6 is 0 Å². The van der Waals surface area contributed by atoms with Gasteiger partial charge < -0.3 is 19.4 Å². The van der Waals surface area contributed by atoms with Crippen LogP contribution in [-0.4, -0.2) is 63.5 Å². The van der Waals surface area contributed by atoms with Crippen molar-refractivity contribution < 1.29 is 19.2 Å². The Morgan fingerprint density at radius 2 is 1.72 bits per heavy atom. The first-order valence-electron chi connectivity index (χ1n) is 10.0. The van der Waals surface area contributed by atoms with E-state index in [0.717, 1.165) is 48.7 Å². The van der Waals surface area contributed by atoms with Crippen LogP contribution < -0.4 is 14.5 Å². The van der Waals surface area contributed by atoms with Crippen molar-refractivity contribution in [1.82, 2.24) is 4.90 Å². The lowest BCUT2D eigenvalue weighted by Gasteiger charge is -2.34. The van der Waals surface area contributed by atoms with E-state index in [4.69, 9.17) is 4.74 Å². The molecule has 0 radical (unpaired) electrons. The van der Waals surface area contributed by atoms with E-state index in [9.17, 15) is 9.59 Å². The monoisotopic (exact) mass is 396 g/mol. The van der Waals surface area contributed by atoms with Gasteiger partial charge in [-0.25, -0.2) is 0 Å². The molecule has 154 valence electrons. The molecule has 1 saturated heterocycles. The number of likely N-dealkylation sites (N-methyl/N-ethyl adjacent to an activating group) is 1. The Hall–Kier alpha value is -2.86. The summed E-state index contributed by atoms with van der Waals surface area (Å²) in [5.41, 5.74) is 2.88. The standard InChI is InChI=1S/C23H29N3O3/c1-18(27)19-8-10-21(11-9-19)26-14-12-25(13-15-26)17-23(28)24(2)16-20-6-4-5-7-22(20)29-3/h4-11H,12-17H2,1-3H3/p+1. The highest BCUT2D eigenvalue weighted by Crippen LogP contribution is 2.18. The van der Waals surface area contributed by atoms with Crippen LogP contribution in [0.25, 0.3) is 0 Å². The second kappa shape index (κ2) is 9.56. The van der Waals surface area contributed by atoms with Gasteiger partial charge in [-0.05, 0) is 37.3 Å². The van der Waals surface area contributed by atoms with Crippen LogP contribution in [0.1, 0.15) is 22.8 Å². The first-order valence-corrected chi connectivity index (χ1v) is 10.0. The van der Waals surface area contributed by atoms with Crippen molar-refractivity contribution in [3.05, 3.63) is 59.7 Å². The molecule has 6 nitrogen and oxygen atoms in total. The highest BCUT2D eigenvalue weighted by molar-refractivity contribution is 5.94. The Kier molecular flexibility index (Phi) is 6.88. The fourth-order valence-electron chi connectivity index (χ4n) is 3.69. The first-order chi connectivity index (χ1) is 14.0. The number of rotatable bonds is 7. The number of benzene rings is 2. The van der Waals surface area contributed by atoms with Crippen LogP contribution in [0.2, 0.25) is 0 Å². The van der Waals surface area contributed by atoms with Gasteiger partial charge in [0.2, 0.25) is 0 Å². The van der Waals surface area contributed by atoms with E-state index in [1.165, 1.54) is 4.90 Å². The SMILES string of the molecule is COc1ccccc1CN(C)C(=O)C[NH+]1CCN(c2ccc(C(C)=O)cc2)CC1. The Morgan fingerprint density at radius 3 is 2.34 bits per heavy atom. The van der Waals surface area contributed by atoms with E-state index >= 15 is 0 Å². The summed E-state index contributed by atoms with van der Waals surface area (Å²) in [6.45, 7) is 6.27. The maximum Gasteiger partial charge on any atom is 0.277 e. The molecule has 1 aliphatic heterocycles. The Bertz CT molecular complexity index is 843. The number of hydrogen-bond acceptors (Lipinski definition) is 4. The number of carbonyl (C=O) groups is 2. The van der Waals surface area contributed by atoms with Crippen LogP contribution in [-0.2, 0) is 11.3 Å². The highest BCUT2D eigenvalue weighted by Gasteiger charge is 2.24. The van der Waals surface area contributed by atoms with Crippen molar-refractivity contribution in [3.63, 3.8) is 0 Å². The molecule has 1 amide bonds.